The second-order valence-electron chi connectivity index (χ2n) is 6.69. The van der Waals surface area contributed by atoms with Crippen LogP contribution in [0.15, 0.2) is 60.7 Å². The number of rotatable bonds is 3. The Kier molecular flexibility index (Phi) is 4.44. The fraction of sp³-hybridized carbons (Fsp3) is 0.238. The van der Waals surface area contributed by atoms with Crippen LogP contribution < -0.4 is 5.32 Å². The third-order valence-corrected chi connectivity index (χ3v) is 4.95. The summed E-state index contributed by atoms with van der Waals surface area (Å²) in [5.74, 6) is -0.0148. The van der Waals surface area contributed by atoms with Crippen molar-refractivity contribution in [2.75, 3.05) is 18.4 Å². The predicted octanol–water partition coefficient (Wildman–Crippen LogP) is 3.66. The third kappa shape index (κ3) is 3.33. The van der Waals surface area contributed by atoms with Gasteiger partial charge < -0.3 is 15.2 Å². The molecule has 2 heterocycles. The van der Waals surface area contributed by atoms with Crippen LogP contribution in [0, 0.1) is 5.92 Å². The fourth-order valence-electron chi connectivity index (χ4n) is 3.47. The summed E-state index contributed by atoms with van der Waals surface area (Å²) in [6, 6.07) is 19.2. The third-order valence-electron chi connectivity index (χ3n) is 4.95. The molecule has 1 aliphatic rings. The Balaban J connectivity index is 1.37. The van der Waals surface area contributed by atoms with Crippen molar-refractivity contribution in [2.24, 2.45) is 5.92 Å². The Morgan fingerprint density at radius 2 is 1.65 bits per heavy atom. The summed E-state index contributed by atoms with van der Waals surface area (Å²) in [6.07, 6.45) is 1.37. The van der Waals surface area contributed by atoms with Crippen molar-refractivity contribution in [3.63, 3.8) is 0 Å². The summed E-state index contributed by atoms with van der Waals surface area (Å²) >= 11 is 0. The van der Waals surface area contributed by atoms with Gasteiger partial charge in [0.1, 0.15) is 5.69 Å². The lowest BCUT2D eigenvalue weighted by molar-refractivity contribution is -0.121. The molecule has 1 saturated heterocycles. The standard InChI is InChI=1S/C21H21N3O2/c25-20(22-17-7-2-1-3-8-17)15-10-12-24(13-11-15)21(26)19-14-16-6-4-5-9-18(16)23-19/h1-9,14-15,23H,10-13H2,(H,22,25). The van der Waals surface area contributed by atoms with Crippen LogP contribution in [0.3, 0.4) is 0 Å². The van der Waals surface area contributed by atoms with Crippen molar-refractivity contribution in [3.05, 3.63) is 66.4 Å². The van der Waals surface area contributed by atoms with Gasteiger partial charge in [0.25, 0.3) is 5.91 Å². The highest BCUT2D eigenvalue weighted by atomic mass is 16.2. The number of para-hydroxylation sites is 2. The molecule has 0 atom stereocenters. The highest BCUT2D eigenvalue weighted by Gasteiger charge is 2.28. The largest absolute Gasteiger partial charge is 0.351 e. The van der Waals surface area contributed by atoms with Crippen molar-refractivity contribution in [2.45, 2.75) is 12.8 Å². The number of carbonyl (C=O) groups is 2. The van der Waals surface area contributed by atoms with E-state index in [2.05, 4.69) is 10.3 Å². The van der Waals surface area contributed by atoms with E-state index in [1.54, 1.807) is 0 Å². The lowest BCUT2D eigenvalue weighted by Crippen LogP contribution is -2.41. The van der Waals surface area contributed by atoms with Gasteiger partial charge in [0.05, 0.1) is 0 Å². The van der Waals surface area contributed by atoms with Crippen LogP contribution in [0.1, 0.15) is 23.3 Å². The van der Waals surface area contributed by atoms with Crippen LogP contribution in [0.4, 0.5) is 5.69 Å². The molecule has 1 fully saturated rings. The van der Waals surface area contributed by atoms with Crippen molar-refractivity contribution in [1.82, 2.24) is 9.88 Å². The molecule has 5 heteroatoms. The molecule has 5 nitrogen and oxygen atoms in total. The van der Waals surface area contributed by atoms with E-state index in [0.29, 0.717) is 31.6 Å². The van der Waals surface area contributed by atoms with E-state index in [9.17, 15) is 9.59 Å². The minimum Gasteiger partial charge on any atom is -0.351 e. The van der Waals surface area contributed by atoms with Gasteiger partial charge in [-0.1, -0.05) is 36.4 Å². The van der Waals surface area contributed by atoms with Crippen LogP contribution >= 0.6 is 0 Å². The molecule has 1 aliphatic heterocycles. The average molecular weight is 347 g/mol. The van der Waals surface area contributed by atoms with Crippen molar-refractivity contribution in [3.8, 4) is 0 Å². The van der Waals surface area contributed by atoms with Gasteiger partial charge in [0, 0.05) is 35.6 Å². The Morgan fingerprint density at radius 1 is 0.962 bits per heavy atom. The van der Waals surface area contributed by atoms with E-state index in [4.69, 9.17) is 0 Å². The monoisotopic (exact) mass is 347 g/mol. The smallest absolute Gasteiger partial charge is 0.270 e. The minimum absolute atomic E-state index is 0.00289. The first-order chi connectivity index (χ1) is 12.7. The maximum absolute atomic E-state index is 12.7. The number of likely N-dealkylation sites (tertiary alicyclic amines) is 1. The zero-order valence-corrected chi connectivity index (χ0v) is 14.4. The van der Waals surface area contributed by atoms with Crippen LogP contribution in [0.5, 0.6) is 0 Å². The number of carbonyl (C=O) groups excluding carboxylic acids is 2. The molecule has 0 spiro atoms. The Labute approximate surface area is 152 Å². The van der Waals surface area contributed by atoms with Crippen molar-refractivity contribution < 1.29 is 9.59 Å². The minimum atomic E-state index is -0.0537. The van der Waals surface area contributed by atoms with Gasteiger partial charge in [-0.05, 0) is 37.1 Å². The van der Waals surface area contributed by atoms with Gasteiger partial charge in [-0.15, -0.1) is 0 Å². The Hall–Kier alpha value is -3.08. The van der Waals surface area contributed by atoms with E-state index in [-0.39, 0.29) is 17.7 Å². The van der Waals surface area contributed by atoms with Crippen molar-refractivity contribution in [1.29, 1.82) is 0 Å². The zero-order valence-electron chi connectivity index (χ0n) is 14.4. The summed E-state index contributed by atoms with van der Waals surface area (Å²) in [4.78, 5) is 30.2. The molecular formula is C21H21N3O2. The maximum atomic E-state index is 12.7. The Bertz CT molecular complexity index is 892. The number of piperidine rings is 1. The van der Waals surface area contributed by atoms with Crippen LogP contribution in [-0.2, 0) is 4.79 Å². The molecule has 2 aromatic carbocycles. The Morgan fingerprint density at radius 3 is 2.38 bits per heavy atom. The first kappa shape index (κ1) is 16.4. The molecule has 0 aliphatic carbocycles. The van der Waals surface area contributed by atoms with Gasteiger partial charge in [-0.3, -0.25) is 9.59 Å². The van der Waals surface area contributed by atoms with Crippen LogP contribution in [0.25, 0.3) is 10.9 Å². The van der Waals surface area contributed by atoms with Gasteiger partial charge in [-0.25, -0.2) is 0 Å². The van der Waals surface area contributed by atoms with E-state index < -0.39 is 0 Å². The summed E-state index contributed by atoms with van der Waals surface area (Å²) in [5, 5.41) is 3.99. The summed E-state index contributed by atoms with van der Waals surface area (Å²) in [7, 11) is 0. The molecular weight excluding hydrogens is 326 g/mol. The van der Waals surface area contributed by atoms with Crippen LogP contribution in [0.2, 0.25) is 0 Å². The number of hydrogen-bond acceptors (Lipinski definition) is 2. The van der Waals surface area contributed by atoms with Gasteiger partial charge >= 0.3 is 0 Å². The number of nitrogens with zero attached hydrogens (tertiary/aromatic N) is 1. The van der Waals surface area contributed by atoms with Gasteiger partial charge in [0.2, 0.25) is 5.91 Å². The molecule has 3 aromatic rings. The SMILES string of the molecule is O=C(Nc1ccccc1)C1CCN(C(=O)c2cc3ccccc3[nH]2)CC1. The van der Waals surface area contributed by atoms with Crippen molar-refractivity contribution >= 4 is 28.4 Å². The molecule has 0 radical (unpaired) electrons. The van der Waals surface area contributed by atoms with E-state index >= 15 is 0 Å². The quantitative estimate of drug-likeness (QED) is 0.759. The molecule has 26 heavy (non-hydrogen) atoms. The molecule has 132 valence electrons. The zero-order chi connectivity index (χ0) is 17.9. The highest BCUT2D eigenvalue weighted by molar-refractivity contribution is 5.98. The molecule has 0 bridgehead atoms. The lowest BCUT2D eigenvalue weighted by atomic mass is 9.95. The number of amides is 2. The second-order valence-corrected chi connectivity index (χ2v) is 6.69. The highest BCUT2D eigenvalue weighted by Crippen LogP contribution is 2.22. The number of anilines is 1. The number of hydrogen-bond donors (Lipinski definition) is 2. The average Bonchev–Trinajstić information content (AvgIpc) is 3.12. The molecule has 4 rings (SSSR count). The summed E-state index contributed by atoms with van der Waals surface area (Å²) in [6.45, 7) is 1.20. The van der Waals surface area contributed by atoms with Crippen LogP contribution in [-0.4, -0.2) is 34.8 Å². The normalized spacial score (nSPS) is 15.2. The lowest BCUT2D eigenvalue weighted by Gasteiger charge is -2.31. The second kappa shape index (κ2) is 7.04. The maximum Gasteiger partial charge on any atom is 0.270 e. The number of aromatic nitrogens is 1. The fourth-order valence-corrected chi connectivity index (χ4v) is 3.47. The molecule has 1 aromatic heterocycles. The predicted molar refractivity (Wildman–Crippen MR) is 102 cm³/mol. The van der Waals surface area contributed by atoms with Gasteiger partial charge in [-0.2, -0.15) is 0 Å². The summed E-state index contributed by atoms with van der Waals surface area (Å²) < 4.78 is 0. The number of benzene rings is 2. The molecule has 2 amide bonds. The van der Waals surface area contributed by atoms with Gasteiger partial charge in [0.15, 0.2) is 0 Å². The van der Waals surface area contributed by atoms with E-state index in [0.717, 1.165) is 16.6 Å². The van der Waals surface area contributed by atoms with E-state index in [1.165, 1.54) is 0 Å². The first-order valence-electron chi connectivity index (χ1n) is 8.93. The summed E-state index contributed by atoms with van der Waals surface area (Å²) in [5.41, 5.74) is 2.39. The first-order valence-corrected chi connectivity index (χ1v) is 8.93. The van der Waals surface area contributed by atoms with E-state index in [1.807, 2.05) is 65.6 Å². The number of H-pyrrole nitrogens is 1. The number of fused-ring (bicyclic) bond motifs is 1. The molecule has 0 saturated carbocycles. The topological polar surface area (TPSA) is 65.2 Å². The molecule has 2 N–H and O–H groups in total. The molecule has 0 unspecified atom stereocenters. The number of aromatic amines is 1. The number of nitrogens with one attached hydrogen (secondary N) is 2.